The van der Waals surface area contributed by atoms with Crippen molar-refractivity contribution in [1.29, 1.82) is 0 Å². The third-order valence-electron chi connectivity index (χ3n) is 5.67. The highest BCUT2D eigenvalue weighted by Crippen LogP contribution is 2.41. The second kappa shape index (κ2) is 6.70. The van der Waals surface area contributed by atoms with Crippen LogP contribution in [0, 0.1) is 11.8 Å². The number of carbonyl (C=O) groups is 1. The summed E-state index contributed by atoms with van der Waals surface area (Å²) in [6.45, 7) is 0. The van der Waals surface area contributed by atoms with E-state index in [1.807, 2.05) is 12.3 Å². The van der Waals surface area contributed by atoms with E-state index in [1.165, 1.54) is 0 Å². The van der Waals surface area contributed by atoms with Gasteiger partial charge in [-0.05, 0) is 43.6 Å². The molecular weight excluding hydrogens is 356 g/mol. The average molecular weight is 379 g/mol. The fraction of sp³-hybridized carbons (Fsp3) is 0.611. The van der Waals surface area contributed by atoms with Crippen molar-refractivity contribution in [3.05, 3.63) is 29.8 Å². The maximum Gasteiger partial charge on any atom is 0.405 e. The summed E-state index contributed by atoms with van der Waals surface area (Å²) in [5.41, 5.74) is 7.47. The first-order valence-corrected chi connectivity index (χ1v) is 9.31. The molecule has 0 spiro atoms. The van der Waals surface area contributed by atoms with Crippen LogP contribution in [0.4, 0.5) is 13.6 Å². The van der Waals surface area contributed by atoms with Gasteiger partial charge >= 0.3 is 6.09 Å². The monoisotopic (exact) mass is 379 g/mol. The van der Waals surface area contributed by atoms with E-state index >= 15 is 0 Å². The lowest BCUT2D eigenvalue weighted by Crippen LogP contribution is -2.36. The Kier molecular flexibility index (Phi) is 4.49. The van der Waals surface area contributed by atoms with E-state index in [2.05, 4.69) is 15.3 Å². The number of hydrogen-bond acceptors (Lipinski definition) is 4. The van der Waals surface area contributed by atoms with Crippen LogP contribution in [-0.2, 0) is 0 Å². The molecule has 4 N–H and O–H groups in total. The molecule has 0 aliphatic heterocycles. The molecule has 2 aromatic rings. The van der Waals surface area contributed by atoms with Crippen molar-refractivity contribution in [3.8, 4) is 0 Å². The largest absolute Gasteiger partial charge is 0.465 e. The highest BCUT2D eigenvalue weighted by Gasteiger charge is 2.39. The minimum Gasteiger partial charge on any atom is -0.465 e. The molecule has 146 valence electrons. The molecule has 2 atom stereocenters. The second-order valence-electron chi connectivity index (χ2n) is 7.71. The predicted octanol–water partition coefficient (Wildman–Crippen LogP) is 3.27. The van der Waals surface area contributed by atoms with E-state index in [0.717, 1.165) is 18.5 Å². The topological polar surface area (TPSA) is 106 Å². The minimum atomic E-state index is -2.67. The van der Waals surface area contributed by atoms with Crippen molar-refractivity contribution in [2.45, 2.75) is 56.5 Å². The number of hydrogen-bond donors (Lipinski definition) is 3. The summed E-state index contributed by atoms with van der Waals surface area (Å²) < 4.78 is 28.7. The van der Waals surface area contributed by atoms with Crippen molar-refractivity contribution < 1.29 is 18.7 Å². The molecular formula is C18H23F2N5O2. The first-order valence-electron chi connectivity index (χ1n) is 9.31. The highest BCUT2D eigenvalue weighted by molar-refractivity contribution is 5.65. The molecule has 0 saturated heterocycles. The van der Waals surface area contributed by atoms with Crippen LogP contribution in [0.1, 0.15) is 62.0 Å². The SMILES string of the molecule is NC(c1ccn2cc(C(NC(=O)O)C3CCC(F)(F)CC3)nc2n1)C1CC1. The number of imidazole rings is 1. The molecule has 0 aromatic carbocycles. The maximum absolute atomic E-state index is 13.5. The van der Waals surface area contributed by atoms with Gasteiger partial charge in [-0.2, -0.15) is 0 Å². The fourth-order valence-electron chi connectivity index (χ4n) is 3.90. The van der Waals surface area contributed by atoms with E-state index in [-0.39, 0.29) is 37.6 Å². The van der Waals surface area contributed by atoms with Crippen LogP contribution < -0.4 is 11.1 Å². The molecule has 0 bridgehead atoms. The summed E-state index contributed by atoms with van der Waals surface area (Å²) in [6.07, 6.45) is 4.55. The van der Waals surface area contributed by atoms with Gasteiger partial charge in [-0.3, -0.25) is 4.40 Å². The molecule has 27 heavy (non-hydrogen) atoms. The zero-order valence-corrected chi connectivity index (χ0v) is 14.8. The van der Waals surface area contributed by atoms with Crippen LogP contribution in [0.2, 0.25) is 0 Å². The molecule has 2 saturated carbocycles. The first-order chi connectivity index (χ1) is 12.8. The molecule has 7 nitrogen and oxygen atoms in total. The Hall–Kier alpha value is -2.29. The third kappa shape index (κ3) is 3.87. The fourth-order valence-corrected chi connectivity index (χ4v) is 3.90. The minimum absolute atomic E-state index is 0.122. The quantitative estimate of drug-likeness (QED) is 0.739. The van der Waals surface area contributed by atoms with Crippen LogP contribution >= 0.6 is 0 Å². The van der Waals surface area contributed by atoms with Gasteiger partial charge in [0.25, 0.3) is 0 Å². The normalized spacial score (nSPS) is 22.5. The number of aromatic nitrogens is 3. The van der Waals surface area contributed by atoms with E-state index in [9.17, 15) is 18.7 Å². The van der Waals surface area contributed by atoms with Gasteiger partial charge in [0.1, 0.15) is 0 Å². The van der Waals surface area contributed by atoms with Crippen LogP contribution in [0.15, 0.2) is 18.5 Å². The van der Waals surface area contributed by atoms with Gasteiger partial charge < -0.3 is 16.2 Å². The number of fused-ring (bicyclic) bond motifs is 1. The molecule has 1 amide bonds. The Balaban J connectivity index is 1.61. The van der Waals surface area contributed by atoms with Crippen molar-refractivity contribution in [2.75, 3.05) is 0 Å². The summed E-state index contributed by atoms with van der Waals surface area (Å²) in [6, 6.07) is 1.09. The zero-order valence-electron chi connectivity index (χ0n) is 14.8. The van der Waals surface area contributed by atoms with Crippen molar-refractivity contribution in [1.82, 2.24) is 19.7 Å². The predicted molar refractivity (Wildman–Crippen MR) is 93.4 cm³/mol. The molecule has 2 fully saturated rings. The van der Waals surface area contributed by atoms with Gasteiger partial charge in [0, 0.05) is 25.2 Å². The average Bonchev–Trinajstić information content (AvgIpc) is 3.37. The van der Waals surface area contributed by atoms with E-state index in [0.29, 0.717) is 17.4 Å². The lowest BCUT2D eigenvalue weighted by molar-refractivity contribution is -0.0495. The molecule has 0 radical (unpaired) electrons. The Morgan fingerprint density at radius 3 is 2.52 bits per heavy atom. The van der Waals surface area contributed by atoms with Crippen molar-refractivity contribution in [3.63, 3.8) is 0 Å². The molecule has 2 aliphatic carbocycles. The molecule has 9 heteroatoms. The Morgan fingerprint density at radius 1 is 1.22 bits per heavy atom. The van der Waals surface area contributed by atoms with E-state index < -0.39 is 18.1 Å². The lowest BCUT2D eigenvalue weighted by Gasteiger charge is -2.32. The lowest BCUT2D eigenvalue weighted by atomic mass is 9.81. The first kappa shape index (κ1) is 18.1. The number of nitrogens with one attached hydrogen (secondary N) is 1. The van der Waals surface area contributed by atoms with Gasteiger partial charge in [-0.15, -0.1) is 0 Å². The van der Waals surface area contributed by atoms with Gasteiger partial charge in [0.15, 0.2) is 0 Å². The van der Waals surface area contributed by atoms with E-state index in [4.69, 9.17) is 5.73 Å². The van der Waals surface area contributed by atoms with Gasteiger partial charge in [-0.25, -0.2) is 23.5 Å². The Labute approximate surface area is 155 Å². The number of carboxylic acid groups (broad SMARTS) is 1. The maximum atomic E-state index is 13.5. The summed E-state index contributed by atoms with van der Waals surface area (Å²) in [7, 11) is 0. The summed E-state index contributed by atoms with van der Waals surface area (Å²) in [5, 5.41) is 11.7. The Morgan fingerprint density at radius 2 is 1.89 bits per heavy atom. The number of rotatable bonds is 5. The number of halogens is 2. The third-order valence-corrected chi connectivity index (χ3v) is 5.67. The molecule has 2 heterocycles. The van der Waals surface area contributed by atoms with Gasteiger partial charge in [0.2, 0.25) is 11.7 Å². The van der Waals surface area contributed by atoms with Gasteiger partial charge in [0.05, 0.1) is 23.5 Å². The molecule has 2 unspecified atom stereocenters. The summed E-state index contributed by atoms with van der Waals surface area (Å²) in [5.74, 6) is -1.99. The zero-order chi connectivity index (χ0) is 19.2. The Bertz CT molecular complexity index is 841. The summed E-state index contributed by atoms with van der Waals surface area (Å²) in [4.78, 5) is 20.3. The number of alkyl halides is 2. The van der Waals surface area contributed by atoms with Crippen LogP contribution in [0.5, 0.6) is 0 Å². The number of amides is 1. The van der Waals surface area contributed by atoms with Crippen molar-refractivity contribution in [2.24, 2.45) is 17.6 Å². The van der Waals surface area contributed by atoms with Crippen LogP contribution in [0.25, 0.3) is 5.78 Å². The molecule has 2 aromatic heterocycles. The second-order valence-corrected chi connectivity index (χ2v) is 7.71. The standard InChI is InChI=1S/C18H23F2N5O2/c19-18(20)6-3-11(4-7-18)15(24-17(26)27)13-9-25-8-5-12(22-16(25)23-13)14(21)10-1-2-10/h5,8-11,14-15,24H,1-4,6-7,21H2,(H,26,27). The number of nitrogens with two attached hydrogens (primary N) is 1. The molecule has 4 rings (SSSR count). The van der Waals surface area contributed by atoms with E-state index in [1.54, 1.807) is 10.6 Å². The van der Waals surface area contributed by atoms with Crippen LogP contribution in [-0.4, -0.2) is 31.5 Å². The summed E-state index contributed by atoms with van der Waals surface area (Å²) >= 11 is 0. The smallest absolute Gasteiger partial charge is 0.405 e. The number of nitrogens with zero attached hydrogens (tertiary/aromatic N) is 3. The molecule has 2 aliphatic rings. The van der Waals surface area contributed by atoms with Gasteiger partial charge in [-0.1, -0.05) is 0 Å². The van der Waals surface area contributed by atoms with Crippen molar-refractivity contribution >= 4 is 11.9 Å². The highest BCUT2D eigenvalue weighted by atomic mass is 19.3. The van der Waals surface area contributed by atoms with Crippen LogP contribution in [0.3, 0.4) is 0 Å².